The molecular weight excluding hydrogens is 238 g/mol. The molecule has 16 heavy (non-hydrogen) atoms. The zero-order valence-electron chi connectivity index (χ0n) is 10.3. The van der Waals surface area contributed by atoms with Gasteiger partial charge in [0, 0.05) is 43.2 Å². The van der Waals surface area contributed by atoms with Crippen LogP contribution in [0.25, 0.3) is 0 Å². The third-order valence-electron chi connectivity index (χ3n) is 2.48. The van der Waals surface area contributed by atoms with Crippen molar-refractivity contribution < 1.29 is 0 Å². The molecule has 1 rings (SSSR count). The first-order valence-electron chi connectivity index (χ1n) is 6.06. The number of rotatable bonds is 0. The fourth-order valence-corrected chi connectivity index (χ4v) is 3.43. The van der Waals surface area contributed by atoms with Gasteiger partial charge in [0.25, 0.3) is 0 Å². The first kappa shape index (κ1) is 14.6. The second-order valence-corrected chi connectivity index (χ2v) is 7.04. The molecule has 0 atom stereocenters. The van der Waals surface area contributed by atoms with Crippen LogP contribution in [0.1, 0.15) is 13.3 Å². The maximum Gasteiger partial charge on any atom is 0.0378 e. The molecule has 96 valence electrons. The fraction of sp³-hybridized carbons (Fsp3) is 1.00. The third kappa shape index (κ3) is 7.79. The predicted molar refractivity (Wildman–Crippen MR) is 77.6 cm³/mol. The minimum Gasteiger partial charge on any atom is -0.323 e. The van der Waals surface area contributed by atoms with E-state index in [-0.39, 0.29) is 5.54 Å². The summed E-state index contributed by atoms with van der Waals surface area (Å²) in [7, 11) is 0. The van der Waals surface area contributed by atoms with Gasteiger partial charge >= 0.3 is 0 Å². The molecule has 0 saturated carbocycles. The van der Waals surface area contributed by atoms with Gasteiger partial charge in [0.05, 0.1) is 0 Å². The van der Waals surface area contributed by atoms with Crippen LogP contribution in [0.5, 0.6) is 0 Å². The van der Waals surface area contributed by atoms with Gasteiger partial charge in [-0.05, 0) is 24.9 Å². The average Bonchev–Trinajstić information content (AvgIpc) is 2.24. The molecule has 0 radical (unpaired) electrons. The molecule has 0 aromatic heterocycles. The first-order chi connectivity index (χ1) is 7.71. The van der Waals surface area contributed by atoms with Crippen molar-refractivity contribution in [2.75, 3.05) is 49.2 Å². The summed E-state index contributed by atoms with van der Waals surface area (Å²) < 4.78 is 0. The van der Waals surface area contributed by atoms with E-state index in [0.29, 0.717) is 0 Å². The van der Waals surface area contributed by atoms with E-state index in [1.807, 2.05) is 23.5 Å². The second-order valence-electron chi connectivity index (χ2n) is 4.59. The summed E-state index contributed by atoms with van der Waals surface area (Å²) in [4.78, 5) is 0. The second kappa shape index (κ2) is 8.64. The summed E-state index contributed by atoms with van der Waals surface area (Å²) >= 11 is 4.10. The van der Waals surface area contributed by atoms with Crippen molar-refractivity contribution in [3.8, 4) is 0 Å². The smallest absolute Gasteiger partial charge is 0.0378 e. The van der Waals surface area contributed by atoms with Crippen LogP contribution in [0.2, 0.25) is 0 Å². The number of hydrogen-bond acceptors (Lipinski definition) is 5. The summed E-state index contributed by atoms with van der Waals surface area (Å²) in [6, 6.07) is 0. The van der Waals surface area contributed by atoms with E-state index in [2.05, 4.69) is 17.6 Å². The molecule has 1 aliphatic rings. The molecule has 4 N–H and O–H groups in total. The van der Waals surface area contributed by atoms with Crippen molar-refractivity contribution in [3.63, 3.8) is 0 Å². The van der Waals surface area contributed by atoms with Crippen LogP contribution in [0.4, 0.5) is 0 Å². The van der Waals surface area contributed by atoms with Crippen molar-refractivity contribution >= 4 is 23.5 Å². The minimum absolute atomic E-state index is 0.126. The number of nitrogens with one attached hydrogen (secondary N) is 2. The van der Waals surface area contributed by atoms with Gasteiger partial charge in [-0.3, -0.25) is 0 Å². The Balaban J connectivity index is 2.22. The van der Waals surface area contributed by atoms with Crippen molar-refractivity contribution in [1.82, 2.24) is 10.6 Å². The number of hydrogen-bond donors (Lipinski definition) is 3. The molecular formula is C11H25N3S2. The molecule has 1 fully saturated rings. The Hall–Kier alpha value is 0.580. The van der Waals surface area contributed by atoms with Crippen LogP contribution >= 0.6 is 23.5 Å². The summed E-state index contributed by atoms with van der Waals surface area (Å²) in [5, 5.41) is 6.88. The molecule has 0 aromatic carbocycles. The van der Waals surface area contributed by atoms with E-state index in [0.717, 1.165) is 26.2 Å². The molecule has 0 aliphatic carbocycles. The molecule has 0 unspecified atom stereocenters. The van der Waals surface area contributed by atoms with E-state index in [9.17, 15) is 0 Å². The molecule has 0 amide bonds. The Morgan fingerprint density at radius 2 is 1.44 bits per heavy atom. The lowest BCUT2D eigenvalue weighted by atomic mass is 10.0. The highest BCUT2D eigenvalue weighted by molar-refractivity contribution is 8.00. The predicted octanol–water partition coefficient (Wildman–Crippen LogP) is 0.753. The lowest BCUT2D eigenvalue weighted by Crippen LogP contribution is -2.53. The largest absolute Gasteiger partial charge is 0.323 e. The van der Waals surface area contributed by atoms with Gasteiger partial charge in [0.2, 0.25) is 0 Å². The fourth-order valence-electron chi connectivity index (χ4n) is 1.57. The third-order valence-corrected chi connectivity index (χ3v) is 4.62. The maximum atomic E-state index is 6.19. The molecule has 1 saturated heterocycles. The van der Waals surface area contributed by atoms with Crippen LogP contribution in [-0.4, -0.2) is 54.7 Å². The van der Waals surface area contributed by atoms with Crippen molar-refractivity contribution in [2.45, 2.75) is 18.9 Å². The Morgan fingerprint density at radius 3 is 1.94 bits per heavy atom. The Bertz CT molecular complexity index is 161. The summed E-state index contributed by atoms with van der Waals surface area (Å²) in [6.45, 7) is 6.05. The summed E-state index contributed by atoms with van der Waals surface area (Å²) in [5.41, 5.74) is 6.06. The lowest BCUT2D eigenvalue weighted by Gasteiger charge is -2.25. The topological polar surface area (TPSA) is 50.1 Å². The van der Waals surface area contributed by atoms with Crippen LogP contribution < -0.4 is 16.4 Å². The van der Waals surface area contributed by atoms with Crippen LogP contribution in [-0.2, 0) is 0 Å². The number of nitrogens with two attached hydrogens (primary N) is 1. The van der Waals surface area contributed by atoms with Gasteiger partial charge in [-0.2, -0.15) is 23.5 Å². The Labute approximate surface area is 108 Å². The highest BCUT2D eigenvalue weighted by Crippen LogP contribution is 2.07. The molecule has 1 heterocycles. The van der Waals surface area contributed by atoms with Crippen LogP contribution in [0, 0.1) is 0 Å². The summed E-state index contributed by atoms with van der Waals surface area (Å²) in [5.74, 6) is 4.99. The van der Waals surface area contributed by atoms with Gasteiger partial charge in [-0.15, -0.1) is 0 Å². The molecule has 0 spiro atoms. The van der Waals surface area contributed by atoms with Crippen LogP contribution in [0.3, 0.4) is 0 Å². The van der Waals surface area contributed by atoms with Crippen molar-refractivity contribution in [1.29, 1.82) is 0 Å². The highest BCUT2D eigenvalue weighted by Gasteiger charge is 2.16. The van der Waals surface area contributed by atoms with Gasteiger partial charge in [-0.1, -0.05) is 0 Å². The normalized spacial score (nSPS) is 25.9. The van der Waals surface area contributed by atoms with E-state index < -0.39 is 0 Å². The maximum absolute atomic E-state index is 6.19. The lowest BCUT2D eigenvalue weighted by molar-refractivity contribution is 0.411. The van der Waals surface area contributed by atoms with E-state index in [1.165, 1.54) is 29.4 Å². The van der Waals surface area contributed by atoms with E-state index in [1.54, 1.807) is 0 Å². The summed E-state index contributed by atoms with van der Waals surface area (Å²) in [6.07, 6.45) is 1.34. The standard InChI is InChI=1S/C11H25N3S2/c1-11(12)9-13-3-7-15-5-2-6-16-8-4-14-10-11/h13-14H,2-10,12H2,1H3. The van der Waals surface area contributed by atoms with Gasteiger partial charge < -0.3 is 16.4 Å². The van der Waals surface area contributed by atoms with Crippen molar-refractivity contribution in [3.05, 3.63) is 0 Å². The average molecular weight is 263 g/mol. The van der Waals surface area contributed by atoms with Crippen LogP contribution in [0.15, 0.2) is 0 Å². The monoisotopic (exact) mass is 263 g/mol. The zero-order valence-corrected chi connectivity index (χ0v) is 11.9. The highest BCUT2D eigenvalue weighted by atomic mass is 32.2. The molecule has 1 aliphatic heterocycles. The SMILES string of the molecule is CC1(N)CNCCSCCCSCCNC1. The Kier molecular flexibility index (Phi) is 7.90. The first-order valence-corrected chi connectivity index (χ1v) is 8.37. The van der Waals surface area contributed by atoms with E-state index >= 15 is 0 Å². The van der Waals surface area contributed by atoms with Gasteiger partial charge in [-0.25, -0.2) is 0 Å². The van der Waals surface area contributed by atoms with Crippen molar-refractivity contribution in [2.24, 2.45) is 5.73 Å². The quantitative estimate of drug-likeness (QED) is 0.602. The molecule has 5 heteroatoms. The molecule has 0 aromatic rings. The number of thioether (sulfide) groups is 2. The van der Waals surface area contributed by atoms with Gasteiger partial charge in [0.1, 0.15) is 0 Å². The zero-order chi connectivity index (χ0) is 11.7. The van der Waals surface area contributed by atoms with E-state index in [4.69, 9.17) is 5.73 Å². The Morgan fingerprint density at radius 1 is 0.938 bits per heavy atom. The molecule has 0 bridgehead atoms. The van der Waals surface area contributed by atoms with Gasteiger partial charge in [0.15, 0.2) is 0 Å². The minimum atomic E-state index is -0.126. The molecule has 3 nitrogen and oxygen atoms in total.